The minimum absolute atomic E-state index is 0.0246. The van der Waals surface area contributed by atoms with E-state index in [1.54, 1.807) is 0 Å². The predicted octanol–water partition coefficient (Wildman–Crippen LogP) is 29.2. The Morgan fingerprint density at radius 1 is 0.218 bits per heavy atom. The van der Waals surface area contributed by atoms with Gasteiger partial charge in [-0.3, -0.25) is 0 Å². The number of hydrogen-bond donors (Lipinski definition) is 0. The third-order valence-electron chi connectivity index (χ3n) is 25.7. The molecule has 0 spiro atoms. The molecule has 2 aliphatic rings. The predicted molar refractivity (Wildman–Crippen MR) is 509 cm³/mol. The maximum absolute atomic E-state index is 2.75. The van der Waals surface area contributed by atoms with Gasteiger partial charge in [0.15, 0.2) is 0 Å². The molecule has 0 saturated heterocycles. The van der Waals surface area contributed by atoms with Crippen LogP contribution in [-0.2, 0) is 16.2 Å². The summed E-state index contributed by atoms with van der Waals surface area (Å²) in [7, 11) is 0. The fourth-order valence-electron chi connectivity index (χ4n) is 19.7. The highest BCUT2D eigenvalue weighted by Crippen LogP contribution is 2.57. The number of benzene rings is 17. The van der Waals surface area contributed by atoms with Crippen LogP contribution < -0.4 is 26.2 Å². The van der Waals surface area contributed by atoms with Crippen molar-refractivity contribution in [1.29, 1.82) is 0 Å². The number of rotatable bonds is 11. The third kappa shape index (κ3) is 11.7. The molecule has 119 heavy (non-hydrogen) atoms. The van der Waals surface area contributed by atoms with Crippen molar-refractivity contribution in [2.24, 2.45) is 0 Å². The lowest BCUT2D eigenvalue weighted by Gasteiger charge is -2.46. The van der Waals surface area contributed by atoms with Gasteiger partial charge in [0.05, 0.1) is 39.0 Å². The second-order valence-corrected chi connectivity index (χ2v) is 36.0. The van der Waals surface area contributed by atoms with Crippen molar-refractivity contribution in [3.05, 3.63) is 393 Å². The van der Waals surface area contributed by atoms with Crippen molar-refractivity contribution >= 4 is 117 Å². The van der Waals surface area contributed by atoms with Gasteiger partial charge in [0.2, 0.25) is 0 Å². The van der Waals surface area contributed by atoms with E-state index in [-0.39, 0.29) is 23.0 Å². The Morgan fingerprint density at radius 3 is 1.08 bits per heavy atom. The molecule has 0 unspecified atom stereocenters. The zero-order chi connectivity index (χ0) is 80.3. The summed E-state index contributed by atoms with van der Waals surface area (Å²) in [5.41, 5.74) is 39.1. The average molecular weight is 1530 g/mol. The molecule has 0 radical (unpaired) electrons. The summed E-state index contributed by atoms with van der Waals surface area (Å²) in [5, 5.41) is 7.48. The molecular weight excluding hydrogens is 1440 g/mol. The lowest BCUT2D eigenvalue weighted by molar-refractivity contribution is 0.590. The summed E-state index contributed by atoms with van der Waals surface area (Å²) in [6.07, 6.45) is 0. The molecule has 0 N–H and O–H groups in total. The van der Waals surface area contributed by atoms with Gasteiger partial charge in [-0.05, 0) is 201 Å². The molecule has 0 bridgehead atoms. The third-order valence-corrected chi connectivity index (χ3v) is 25.7. The number of fused-ring (bicyclic) bond motifs is 13. The van der Waals surface area contributed by atoms with Crippen molar-refractivity contribution in [3.63, 3.8) is 0 Å². The smallest absolute Gasteiger partial charge is 0.252 e. The Bertz CT molecular complexity index is 7320. The Labute approximate surface area is 697 Å². The summed E-state index contributed by atoms with van der Waals surface area (Å²) in [6, 6.07) is 144. The first-order valence-electron chi connectivity index (χ1n) is 42.1. The average Bonchev–Trinajstić information content (AvgIpc) is 1.53. The topological polar surface area (TPSA) is 15.8 Å². The summed E-state index contributed by atoms with van der Waals surface area (Å²) >= 11 is 0. The highest BCUT2D eigenvalue weighted by Gasteiger charge is 2.46. The van der Waals surface area contributed by atoms with Crippen LogP contribution >= 0.6 is 0 Å². The molecule has 17 aromatic carbocycles. The van der Waals surface area contributed by atoms with Crippen LogP contribution in [-0.4, -0.2) is 15.7 Å². The first-order chi connectivity index (χ1) is 57.9. The number of aromatic nitrogens is 2. The van der Waals surface area contributed by atoms with Crippen LogP contribution in [0.5, 0.6) is 0 Å². The van der Waals surface area contributed by atoms with Gasteiger partial charge in [0.25, 0.3) is 6.71 Å². The molecule has 0 amide bonds. The highest BCUT2D eigenvalue weighted by atomic mass is 15.2. The van der Waals surface area contributed by atoms with E-state index in [1.807, 2.05) is 0 Å². The Kier molecular flexibility index (Phi) is 16.4. The zero-order valence-electron chi connectivity index (χ0n) is 68.7. The second kappa shape index (κ2) is 27.3. The molecule has 0 saturated carbocycles. The first-order valence-corrected chi connectivity index (χ1v) is 42.1. The van der Waals surface area contributed by atoms with E-state index in [2.05, 4.69) is 457 Å². The van der Waals surface area contributed by atoms with Gasteiger partial charge in [-0.25, -0.2) is 0 Å². The number of para-hydroxylation sites is 4. The van der Waals surface area contributed by atoms with E-state index in [1.165, 1.54) is 81.9 Å². The molecule has 0 aliphatic carbocycles. The van der Waals surface area contributed by atoms with Gasteiger partial charge in [-0.1, -0.05) is 353 Å². The molecule has 0 fully saturated rings. The molecule has 22 rings (SSSR count). The highest BCUT2D eigenvalue weighted by molar-refractivity contribution is 7.00. The van der Waals surface area contributed by atoms with Crippen molar-refractivity contribution < 1.29 is 0 Å². The van der Waals surface area contributed by atoms with E-state index >= 15 is 0 Å². The lowest BCUT2D eigenvalue weighted by Crippen LogP contribution is -2.61. The summed E-state index contributed by atoms with van der Waals surface area (Å²) < 4.78 is 5.01. The molecule has 2 aliphatic heterocycles. The van der Waals surface area contributed by atoms with Crippen LogP contribution in [0.4, 0.5) is 34.1 Å². The molecule has 5 heterocycles. The van der Waals surface area contributed by atoms with Crippen LogP contribution in [0.3, 0.4) is 0 Å². The van der Waals surface area contributed by atoms with Crippen molar-refractivity contribution in [1.82, 2.24) is 8.97 Å². The summed E-state index contributed by atoms with van der Waals surface area (Å²) in [5.74, 6) is 0. The van der Waals surface area contributed by atoms with E-state index in [0.717, 1.165) is 140 Å². The molecule has 568 valence electrons. The van der Waals surface area contributed by atoms with E-state index in [4.69, 9.17) is 0 Å². The van der Waals surface area contributed by atoms with Gasteiger partial charge in [0.1, 0.15) is 0 Å². The van der Waals surface area contributed by atoms with Gasteiger partial charge in [-0.15, -0.1) is 0 Å². The zero-order valence-corrected chi connectivity index (χ0v) is 68.7. The van der Waals surface area contributed by atoms with E-state index < -0.39 is 0 Å². The lowest BCUT2D eigenvalue weighted by atomic mass is 9.33. The minimum Gasteiger partial charge on any atom is -0.310 e. The van der Waals surface area contributed by atoms with Crippen molar-refractivity contribution in [2.75, 3.05) is 9.80 Å². The van der Waals surface area contributed by atoms with Crippen LogP contribution in [0.25, 0.3) is 155 Å². The normalized spacial score (nSPS) is 12.9. The van der Waals surface area contributed by atoms with Gasteiger partial charge >= 0.3 is 0 Å². The molecule has 3 aromatic heterocycles. The molecule has 0 atom stereocenters. The van der Waals surface area contributed by atoms with Gasteiger partial charge in [0, 0.05) is 83.0 Å². The molecular formula is C114H89BN4. The van der Waals surface area contributed by atoms with E-state index in [9.17, 15) is 0 Å². The Hall–Kier alpha value is -14.0. The maximum Gasteiger partial charge on any atom is 0.252 e. The fraction of sp³-hybridized carbons (Fsp3) is 0.105. The quantitative estimate of drug-likeness (QED) is 0.120. The van der Waals surface area contributed by atoms with Gasteiger partial charge in [-0.2, -0.15) is 0 Å². The number of anilines is 6. The summed E-state index contributed by atoms with van der Waals surface area (Å²) in [4.78, 5) is 5.47. The Balaban J connectivity index is 0.903. The molecule has 20 aromatic rings. The number of nitrogens with zero attached hydrogens (tertiary/aromatic N) is 4. The van der Waals surface area contributed by atoms with Crippen molar-refractivity contribution in [2.45, 2.75) is 78.6 Å². The molecule has 5 heteroatoms. The van der Waals surface area contributed by atoms with Crippen LogP contribution in [0.15, 0.2) is 376 Å². The van der Waals surface area contributed by atoms with E-state index in [0.29, 0.717) is 0 Å². The summed E-state index contributed by atoms with van der Waals surface area (Å²) in [6.45, 7) is 20.6. The van der Waals surface area contributed by atoms with Crippen LogP contribution in [0, 0.1) is 0 Å². The maximum atomic E-state index is 2.75. The number of hydrogen-bond acceptors (Lipinski definition) is 2. The van der Waals surface area contributed by atoms with Crippen LogP contribution in [0.2, 0.25) is 0 Å². The minimum atomic E-state index is -0.297. The van der Waals surface area contributed by atoms with Crippen molar-refractivity contribution in [3.8, 4) is 94.7 Å². The Morgan fingerprint density at radius 2 is 0.571 bits per heavy atom. The standard InChI is InChI=1S/C114H89BN4/c1-112(2,3)84-54-48-73(49-55-84)81-64-93(75-32-16-11-17-33-75)110(94(65-81)76-34-18-12-19-35-76)119-105-71-87(116-100-45-25-22-40-88(100)89-41-23-26-46-101(89)116)58-60-99(105)115-98-59-52-79(78-53-61-103-97(63-78)92-44-29-43-91-90-42-24-27-47-102(90)117(103)109(91)92)68-104(98)118(106-69-83(70-107(119)108(106)115)72-30-14-10-15-31-72)111-95(77-36-20-13-21-37-77)66-82(74-50-56-85(57-51-74)113(4,5)6)67-96(111)80-38-28-39-86(62-80)114(7,8)9/h10-71H,1-9H3. The monoisotopic (exact) mass is 1520 g/mol. The fourth-order valence-corrected chi connectivity index (χ4v) is 19.7. The SMILES string of the molecule is CC(C)(C)c1ccc(-c2cc(-c3ccccc3)c(N3c4cc(-c5ccc6c(c5)c5cccc7c8ccccc8n6c75)ccc4B4c5ccc(-n6c7ccccc7c7ccccc76)cc5N(c5c(-c6ccccc6)cc(-c6ccc(C(C)(C)C)cc6)cc5-c5ccccc5)c5cc(-c6ccccc6)cc3c54)c(-c3cccc(C(C)(C)C)c3)c2)cc1. The van der Waals surface area contributed by atoms with Crippen LogP contribution in [0.1, 0.15) is 79.0 Å². The first kappa shape index (κ1) is 71.5. The largest absolute Gasteiger partial charge is 0.310 e. The van der Waals surface area contributed by atoms with Gasteiger partial charge < -0.3 is 18.8 Å². The second-order valence-electron chi connectivity index (χ2n) is 36.0. The molecule has 4 nitrogen and oxygen atoms in total.